The number of nitrogens with zero attached hydrogens (tertiary/aromatic N) is 1. The van der Waals surface area contributed by atoms with Crippen LogP contribution in [0, 0.1) is 0 Å². The number of hydrogen-bond donors (Lipinski definition) is 3. The van der Waals surface area contributed by atoms with Crippen LogP contribution in [0.4, 0.5) is 10.5 Å². The van der Waals surface area contributed by atoms with Crippen LogP contribution in [-0.2, 0) is 17.9 Å². The van der Waals surface area contributed by atoms with Crippen LogP contribution in [0.25, 0.3) is 0 Å². The maximum Gasteiger partial charge on any atom is 0.335 e. The lowest BCUT2D eigenvalue weighted by molar-refractivity contribution is -0.133. The molecule has 1 saturated heterocycles. The summed E-state index contributed by atoms with van der Waals surface area (Å²) in [5.41, 5.74) is 2.63. The van der Waals surface area contributed by atoms with Crippen LogP contribution < -0.4 is 10.6 Å². The Morgan fingerprint density at radius 1 is 1.04 bits per heavy atom. The van der Waals surface area contributed by atoms with Crippen LogP contribution in [-0.4, -0.2) is 34.5 Å². The van der Waals surface area contributed by atoms with Crippen LogP contribution in [0.15, 0.2) is 48.5 Å². The molecule has 1 fully saturated rings. The second-order valence-corrected chi connectivity index (χ2v) is 6.78. The SMILES string of the molecule is O=C(NCc1ccc(C(=O)O)cc1)Nc1cccc(CN2CCCCC2=O)c1. The summed E-state index contributed by atoms with van der Waals surface area (Å²) in [7, 11) is 0. The smallest absolute Gasteiger partial charge is 0.335 e. The monoisotopic (exact) mass is 381 g/mol. The number of carbonyl (C=O) groups is 3. The molecule has 0 aliphatic carbocycles. The molecule has 3 amide bonds. The van der Waals surface area contributed by atoms with E-state index in [1.807, 2.05) is 23.1 Å². The van der Waals surface area contributed by atoms with Gasteiger partial charge in [-0.1, -0.05) is 24.3 Å². The number of carboxylic acids is 1. The van der Waals surface area contributed by atoms with Gasteiger partial charge in [0.15, 0.2) is 0 Å². The number of urea groups is 1. The number of piperidine rings is 1. The first kappa shape index (κ1) is 19.4. The van der Waals surface area contributed by atoms with Crippen molar-refractivity contribution >= 4 is 23.6 Å². The summed E-state index contributed by atoms with van der Waals surface area (Å²) in [5, 5.41) is 14.4. The fourth-order valence-corrected chi connectivity index (χ4v) is 3.12. The van der Waals surface area contributed by atoms with Gasteiger partial charge in [0.25, 0.3) is 0 Å². The maximum atomic E-state index is 12.1. The van der Waals surface area contributed by atoms with Gasteiger partial charge in [0, 0.05) is 31.7 Å². The van der Waals surface area contributed by atoms with Crippen LogP contribution in [0.3, 0.4) is 0 Å². The molecule has 0 aromatic heterocycles. The van der Waals surface area contributed by atoms with Crippen LogP contribution in [0.1, 0.15) is 40.7 Å². The Kier molecular flexibility index (Phi) is 6.26. The second kappa shape index (κ2) is 9.03. The molecule has 2 aromatic carbocycles. The molecule has 1 aliphatic rings. The van der Waals surface area contributed by atoms with Gasteiger partial charge in [0.1, 0.15) is 0 Å². The van der Waals surface area contributed by atoms with Gasteiger partial charge < -0.3 is 20.6 Å². The van der Waals surface area contributed by atoms with Crippen molar-refractivity contribution in [1.82, 2.24) is 10.2 Å². The van der Waals surface area contributed by atoms with Gasteiger partial charge >= 0.3 is 12.0 Å². The summed E-state index contributed by atoms with van der Waals surface area (Å²) in [4.78, 5) is 36.8. The highest BCUT2D eigenvalue weighted by Crippen LogP contribution is 2.17. The topological polar surface area (TPSA) is 98.7 Å². The number of carbonyl (C=O) groups excluding carboxylic acids is 2. The minimum absolute atomic E-state index is 0.177. The molecule has 2 aromatic rings. The normalized spacial score (nSPS) is 13.9. The van der Waals surface area contributed by atoms with E-state index in [-0.39, 0.29) is 24.0 Å². The summed E-state index contributed by atoms with van der Waals surface area (Å²) in [6, 6.07) is 13.4. The first-order valence-corrected chi connectivity index (χ1v) is 9.25. The summed E-state index contributed by atoms with van der Waals surface area (Å²) >= 11 is 0. The standard InChI is InChI=1S/C21H23N3O4/c25-19-6-1-2-11-24(19)14-16-4-3-5-18(12-16)23-21(28)22-13-15-7-9-17(10-8-15)20(26)27/h3-5,7-10,12H,1-2,6,11,13-14H2,(H,26,27)(H2,22,23,28). The molecular weight excluding hydrogens is 358 g/mol. The molecule has 146 valence electrons. The van der Waals surface area contributed by atoms with Crippen molar-refractivity contribution in [3.05, 3.63) is 65.2 Å². The van der Waals surface area contributed by atoms with Crippen molar-refractivity contribution in [3.63, 3.8) is 0 Å². The lowest BCUT2D eigenvalue weighted by Crippen LogP contribution is -2.34. The van der Waals surface area contributed by atoms with E-state index in [2.05, 4.69) is 10.6 Å². The Labute approximate surface area is 163 Å². The van der Waals surface area contributed by atoms with Crippen molar-refractivity contribution in [2.75, 3.05) is 11.9 Å². The molecule has 7 nitrogen and oxygen atoms in total. The Morgan fingerprint density at radius 2 is 1.82 bits per heavy atom. The van der Waals surface area contributed by atoms with E-state index in [1.54, 1.807) is 18.2 Å². The Hall–Kier alpha value is -3.35. The van der Waals surface area contributed by atoms with Gasteiger partial charge in [-0.3, -0.25) is 4.79 Å². The van der Waals surface area contributed by atoms with Gasteiger partial charge in [0.2, 0.25) is 5.91 Å². The van der Waals surface area contributed by atoms with Crippen molar-refractivity contribution < 1.29 is 19.5 Å². The van der Waals surface area contributed by atoms with Crippen molar-refractivity contribution in [3.8, 4) is 0 Å². The van der Waals surface area contributed by atoms with E-state index in [4.69, 9.17) is 5.11 Å². The van der Waals surface area contributed by atoms with E-state index < -0.39 is 5.97 Å². The van der Waals surface area contributed by atoms with Crippen molar-refractivity contribution in [2.24, 2.45) is 0 Å². The average molecular weight is 381 g/mol. The molecule has 0 unspecified atom stereocenters. The minimum Gasteiger partial charge on any atom is -0.478 e. The number of aromatic carboxylic acids is 1. The second-order valence-electron chi connectivity index (χ2n) is 6.78. The van der Waals surface area contributed by atoms with Gasteiger partial charge in [-0.05, 0) is 48.2 Å². The van der Waals surface area contributed by atoms with E-state index in [0.717, 1.165) is 30.5 Å². The Morgan fingerprint density at radius 3 is 2.54 bits per heavy atom. The van der Waals surface area contributed by atoms with Crippen molar-refractivity contribution in [1.29, 1.82) is 0 Å². The summed E-state index contributed by atoms with van der Waals surface area (Å²) in [5.74, 6) is -0.806. The number of anilines is 1. The van der Waals surface area contributed by atoms with Gasteiger partial charge in [-0.25, -0.2) is 9.59 Å². The van der Waals surface area contributed by atoms with E-state index in [9.17, 15) is 14.4 Å². The van der Waals surface area contributed by atoms with Gasteiger partial charge in [-0.15, -0.1) is 0 Å². The molecule has 0 bridgehead atoms. The zero-order chi connectivity index (χ0) is 19.9. The third kappa shape index (κ3) is 5.33. The number of hydrogen-bond acceptors (Lipinski definition) is 3. The molecule has 0 radical (unpaired) electrons. The van der Waals surface area contributed by atoms with Gasteiger partial charge in [0.05, 0.1) is 5.56 Å². The third-order valence-corrected chi connectivity index (χ3v) is 4.63. The number of rotatable bonds is 6. The summed E-state index contributed by atoms with van der Waals surface area (Å²) in [6.07, 6.45) is 2.59. The van der Waals surface area contributed by atoms with E-state index in [1.165, 1.54) is 12.1 Å². The zero-order valence-electron chi connectivity index (χ0n) is 15.5. The fraction of sp³-hybridized carbons (Fsp3) is 0.286. The van der Waals surface area contributed by atoms with E-state index >= 15 is 0 Å². The lowest BCUT2D eigenvalue weighted by atomic mass is 10.1. The Bertz CT molecular complexity index is 864. The molecule has 0 saturated carbocycles. The van der Waals surface area contributed by atoms with Gasteiger partial charge in [-0.2, -0.15) is 0 Å². The molecule has 1 aliphatic heterocycles. The predicted octanol–water partition coefficient (Wildman–Crippen LogP) is 3.22. The number of likely N-dealkylation sites (tertiary alicyclic amines) is 1. The van der Waals surface area contributed by atoms with Crippen LogP contribution in [0.5, 0.6) is 0 Å². The molecule has 3 N–H and O–H groups in total. The van der Waals surface area contributed by atoms with Crippen LogP contribution >= 0.6 is 0 Å². The first-order chi connectivity index (χ1) is 13.5. The average Bonchev–Trinajstić information content (AvgIpc) is 2.69. The minimum atomic E-state index is -0.983. The summed E-state index contributed by atoms with van der Waals surface area (Å²) < 4.78 is 0. The quantitative estimate of drug-likeness (QED) is 0.715. The lowest BCUT2D eigenvalue weighted by Gasteiger charge is -2.26. The maximum absolute atomic E-state index is 12.1. The molecule has 7 heteroatoms. The Balaban J connectivity index is 1.52. The molecule has 28 heavy (non-hydrogen) atoms. The molecule has 0 spiro atoms. The largest absolute Gasteiger partial charge is 0.478 e. The molecular formula is C21H23N3O4. The molecule has 3 rings (SSSR count). The zero-order valence-corrected chi connectivity index (χ0v) is 15.5. The number of carboxylic acid groups (broad SMARTS) is 1. The highest BCUT2D eigenvalue weighted by atomic mass is 16.4. The highest BCUT2D eigenvalue weighted by Gasteiger charge is 2.18. The highest BCUT2D eigenvalue weighted by molar-refractivity contribution is 5.89. The first-order valence-electron chi connectivity index (χ1n) is 9.25. The number of nitrogens with one attached hydrogen (secondary N) is 2. The number of benzene rings is 2. The third-order valence-electron chi connectivity index (χ3n) is 4.63. The molecule has 1 heterocycles. The van der Waals surface area contributed by atoms with E-state index in [0.29, 0.717) is 18.7 Å². The predicted molar refractivity (Wildman–Crippen MR) is 105 cm³/mol. The van der Waals surface area contributed by atoms with Crippen molar-refractivity contribution in [2.45, 2.75) is 32.4 Å². The summed E-state index contributed by atoms with van der Waals surface area (Å²) in [6.45, 7) is 1.61. The number of amides is 3. The van der Waals surface area contributed by atoms with Crippen LogP contribution in [0.2, 0.25) is 0 Å². The fourth-order valence-electron chi connectivity index (χ4n) is 3.12. The molecule has 0 atom stereocenters.